The average molecular weight is 269 g/mol. The molecule has 0 saturated carbocycles. The number of amides is 1. The molecule has 1 unspecified atom stereocenters. The third-order valence-corrected chi connectivity index (χ3v) is 3.40. The van der Waals surface area contributed by atoms with Crippen molar-refractivity contribution in [2.45, 2.75) is 39.2 Å². The third kappa shape index (κ3) is 3.72. The van der Waals surface area contributed by atoms with Crippen LogP contribution in [0.4, 0.5) is 5.69 Å². The molecule has 2 rings (SSSR count). The van der Waals surface area contributed by atoms with Crippen molar-refractivity contribution in [1.29, 1.82) is 0 Å². The molecular formula is C14H21ClN2O. The summed E-state index contributed by atoms with van der Waals surface area (Å²) in [6.45, 7) is 5.08. The van der Waals surface area contributed by atoms with E-state index < -0.39 is 0 Å². The van der Waals surface area contributed by atoms with E-state index >= 15 is 0 Å². The minimum Gasteiger partial charge on any atom is -0.325 e. The Bertz CT molecular complexity index is 414. The SMILES string of the molecule is Cc1ccc(NC(=O)C2CCCCN2)cc1C.Cl. The zero-order chi connectivity index (χ0) is 12.3. The molecule has 100 valence electrons. The molecule has 3 nitrogen and oxygen atoms in total. The second-order valence-corrected chi connectivity index (χ2v) is 4.79. The van der Waals surface area contributed by atoms with Gasteiger partial charge in [-0.05, 0) is 56.5 Å². The molecule has 1 aliphatic heterocycles. The Morgan fingerprint density at radius 3 is 2.67 bits per heavy atom. The summed E-state index contributed by atoms with van der Waals surface area (Å²) in [5.74, 6) is 0.0907. The molecule has 2 N–H and O–H groups in total. The van der Waals surface area contributed by atoms with Crippen LogP contribution in [0, 0.1) is 13.8 Å². The largest absolute Gasteiger partial charge is 0.325 e. The van der Waals surface area contributed by atoms with Crippen LogP contribution in [0.2, 0.25) is 0 Å². The van der Waals surface area contributed by atoms with Crippen molar-refractivity contribution in [3.63, 3.8) is 0 Å². The minimum absolute atomic E-state index is 0. The van der Waals surface area contributed by atoms with Gasteiger partial charge in [0.2, 0.25) is 5.91 Å². The quantitative estimate of drug-likeness (QED) is 0.866. The van der Waals surface area contributed by atoms with E-state index in [-0.39, 0.29) is 24.4 Å². The summed E-state index contributed by atoms with van der Waals surface area (Å²) in [4.78, 5) is 12.0. The molecule has 0 aliphatic carbocycles. The number of carbonyl (C=O) groups is 1. The van der Waals surface area contributed by atoms with Gasteiger partial charge in [0.25, 0.3) is 0 Å². The summed E-state index contributed by atoms with van der Waals surface area (Å²) in [7, 11) is 0. The summed E-state index contributed by atoms with van der Waals surface area (Å²) in [5.41, 5.74) is 3.35. The lowest BCUT2D eigenvalue weighted by molar-refractivity contribution is -0.118. The first-order valence-corrected chi connectivity index (χ1v) is 6.28. The highest BCUT2D eigenvalue weighted by atomic mass is 35.5. The first-order valence-electron chi connectivity index (χ1n) is 6.28. The van der Waals surface area contributed by atoms with Gasteiger partial charge in [0.15, 0.2) is 0 Å². The number of halogens is 1. The van der Waals surface area contributed by atoms with E-state index in [2.05, 4.69) is 24.5 Å². The van der Waals surface area contributed by atoms with Gasteiger partial charge in [-0.3, -0.25) is 4.79 Å². The van der Waals surface area contributed by atoms with Crippen molar-refractivity contribution in [3.05, 3.63) is 29.3 Å². The smallest absolute Gasteiger partial charge is 0.241 e. The van der Waals surface area contributed by atoms with Gasteiger partial charge in [-0.15, -0.1) is 12.4 Å². The molecule has 1 atom stereocenters. The molecule has 0 radical (unpaired) electrons. The van der Waals surface area contributed by atoms with Crippen molar-refractivity contribution in [2.24, 2.45) is 0 Å². The van der Waals surface area contributed by atoms with Gasteiger partial charge in [-0.25, -0.2) is 0 Å². The highest BCUT2D eigenvalue weighted by Gasteiger charge is 2.20. The lowest BCUT2D eigenvalue weighted by Gasteiger charge is -2.22. The van der Waals surface area contributed by atoms with E-state index in [4.69, 9.17) is 0 Å². The molecular weight excluding hydrogens is 248 g/mol. The zero-order valence-electron chi connectivity index (χ0n) is 11.0. The topological polar surface area (TPSA) is 41.1 Å². The van der Waals surface area contributed by atoms with Gasteiger partial charge in [-0.1, -0.05) is 12.5 Å². The number of carbonyl (C=O) groups excluding carboxylic acids is 1. The molecule has 1 fully saturated rings. The summed E-state index contributed by atoms with van der Waals surface area (Å²) in [6.07, 6.45) is 3.25. The molecule has 1 amide bonds. The molecule has 0 spiro atoms. The molecule has 18 heavy (non-hydrogen) atoms. The molecule has 0 aromatic heterocycles. The highest BCUT2D eigenvalue weighted by Crippen LogP contribution is 2.15. The second-order valence-electron chi connectivity index (χ2n) is 4.79. The lowest BCUT2D eigenvalue weighted by Crippen LogP contribution is -2.43. The number of hydrogen-bond donors (Lipinski definition) is 2. The van der Waals surface area contributed by atoms with Crippen LogP contribution in [0.1, 0.15) is 30.4 Å². The molecule has 1 aliphatic rings. The normalized spacial score (nSPS) is 18.9. The van der Waals surface area contributed by atoms with Gasteiger partial charge in [0, 0.05) is 5.69 Å². The van der Waals surface area contributed by atoms with Gasteiger partial charge >= 0.3 is 0 Å². The van der Waals surface area contributed by atoms with Crippen molar-refractivity contribution in [2.75, 3.05) is 11.9 Å². The van der Waals surface area contributed by atoms with Crippen LogP contribution in [-0.4, -0.2) is 18.5 Å². The van der Waals surface area contributed by atoms with Crippen molar-refractivity contribution < 1.29 is 4.79 Å². The molecule has 1 aromatic carbocycles. The first-order chi connectivity index (χ1) is 8.16. The number of nitrogens with one attached hydrogen (secondary N) is 2. The van der Waals surface area contributed by atoms with Crippen LogP contribution in [0.25, 0.3) is 0 Å². The number of anilines is 1. The van der Waals surface area contributed by atoms with Crippen molar-refractivity contribution in [1.82, 2.24) is 5.32 Å². The standard InChI is InChI=1S/C14H20N2O.ClH/c1-10-6-7-12(9-11(10)2)16-14(17)13-5-3-4-8-15-13;/h6-7,9,13,15H,3-5,8H2,1-2H3,(H,16,17);1H. The van der Waals surface area contributed by atoms with E-state index in [1.165, 1.54) is 17.5 Å². The molecule has 4 heteroatoms. The summed E-state index contributed by atoms with van der Waals surface area (Å²) >= 11 is 0. The molecule has 1 heterocycles. The number of rotatable bonds is 2. The van der Waals surface area contributed by atoms with Crippen LogP contribution in [0.15, 0.2) is 18.2 Å². The Morgan fingerprint density at radius 1 is 1.28 bits per heavy atom. The van der Waals surface area contributed by atoms with Crippen LogP contribution in [-0.2, 0) is 4.79 Å². The first kappa shape index (κ1) is 15.0. The second kappa shape index (κ2) is 6.76. The van der Waals surface area contributed by atoms with E-state index in [1.807, 2.05) is 18.2 Å². The fourth-order valence-electron chi connectivity index (χ4n) is 2.12. The van der Waals surface area contributed by atoms with Crippen LogP contribution < -0.4 is 10.6 Å². The average Bonchev–Trinajstić information content (AvgIpc) is 2.35. The molecule has 0 bridgehead atoms. The number of benzene rings is 1. The van der Waals surface area contributed by atoms with E-state index in [9.17, 15) is 4.79 Å². The van der Waals surface area contributed by atoms with Crippen molar-refractivity contribution in [3.8, 4) is 0 Å². The predicted molar refractivity (Wildman–Crippen MR) is 77.4 cm³/mol. The Labute approximate surface area is 115 Å². The molecule has 1 aromatic rings. The Kier molecular flexibility index (Phi) is 5.63. The van der Waals surface area contributed by atoms with Gasteiger partial charge in [0.1, 0.15) is 0 Å². The maximum absolute atomic E-state index is 12.0. The van der Waals surface area contributed by atoms with Crippen molar-refractivity contribution >= 4 is 24.0 Å². The monoisotopic (exact) mass is 268 g/mol. The maximum Gasteiger partial charge on any atom is 0.241 e. The van der Waals surface area contributed by atoms with Gasteiger partial charge in [-0.2, -0.15) is 0 Å². The van der Waals surface area contributed by atoms with Gasteiger partial charge < -0.3 is 10.6 Å². The number of piperidine rings is 1. The Hall–Kier alpha value is -1.06. The van der Waals surface area contributed by atoms with E-state index in [0.29, 0.717) is 0 Å². The maximum atomic E-state index is 12.0. The fourth-order valence-corrected chi connectivity index (χ4v) is 2.12. The number of hydrogen-bond acceptors (Lipinski definition) is 2. The third-order valence-electron chi connectivity index (χ3n) is 3.40. The Balaban J connectivity index is 0.00000162. The number of aryl methyl sites for hydroxylation is 2. The Morgan fingerprint density at radius 2 is 2.06 bits per heavy atom. The predicted octanol–water partition coefficient (Wildman–Crippen LogP) is 2.81. The summed E-state index contributed by atoms with van der Waals surface area (Å²) in [6, 6.07) is 6.00. The van der Waals surface area contributed by atoms with Crippen LogP contribution in [0.3, 0.4) is 0 Å². The highest BCUT2D eigenvalue weighted by molar-refractivity contribution is 5.95. The minimum atomic E-state index is -0.0228. The van der Waals surface area contributed by atoms with Gasteiger partial charge in [0.05, 0.1) is 6.04 Å². The fraction of sp³-hybridized carbons (Fsp3) is 0.500. The van der Waals surface area contributed by atoms with E-state index in [0.717, 1.165) is 25.1 Å². The van der Waals surface area contributed by atoms with Crippen LogP contribution >= 0.6 is 12.4 Å². The summed E-state index contributed by atoms with van der Waals surface area (Å²) < 4.78 is 0. The van der Waals surface area contributed by atoms with E-state index in [1.54, 1.807) is 0 Å². The van der Waals surface area contributed by atoms with Crippen LogP contribution in [0.5, 0.6) is 0 Å². The summed E-state index contributed by atoms with van der Waals surface area (Å²) in [5, 5.41) is 6.23. The lowest BCUT2D eigenvalue weighted by atomic mass is 10.0. The zero-order valence-corrected chi connectivity index (χ0v) is 11.8. The molecule has 1 saturated heterocycles.